The molecule has 0 saturated heterocycles. The van der Waals surface area contributed by atoms with Gasteiger partial charge in [-0.1, -0.05) is 79.6 Å². The van der Waals surface area contributed by atoms with Gasteiger partial charge in [0.05, 0.1) is 0 Å². The Morgan fingerprint density at radius 2 is 1.27 bits per heavy atom. The highest BCUT2D eigenvalue weighted by molar-refractivity contribution is 4.63. The molecule has 0 aliphatic heterocycles. The molecular weight excluding hydrogens is 180 g/mol. The number of rotatable bonds is 9. The summed E-state index contributed by atoms with van der Waals surface area (Å²) in [4.78, 5) is 0. The fourth-order valence-electron chi connectivity index (χ4n) is 2.09. The summed E-state index contributed by atoms with van der Waals surface area (Å²) in [6.07, 6.45) is 9.85. The first-order valence-electron chi connectivity index (χ1n) is 7.11. The monoisotopic (exact) mass is 212 g/mol. The fourth-order valence-corrected chi connectivity index (χ4v) is 2.09. The maximum absolute atomic E-state index is 2.44. The van der Waals surface area contributed by atoms with Crippen LogP contribution in [0.25, 0.3) is 0 Å². The lowest BCUT2D eigenvalue weighted by Gasteiger charge is -2.20. The summed E-state index contributed by atoms with van der Waals surface area (Å²) >= 11 is 0. The Kier molecular flexibility index (Phi) is 9.24. The van der Waals surface area contributed by atoms with Crippen LogP contribution in [0.2, 0.25) is 0 Å². The number of unbranched alkanes of at least 4 members (excludes halogenated alkanes) is 1. The van der Waals surface area contributed by atoms with Crippen LogP contribution < -0.4 is 0 Å². The maximum Gasteiger partial charge on any atom is -0.0417 e. The average molecular weight is 212 g/mol. The highest BCUT2D eigenvalue weighted by atomic mass is 14.2. The maximum atomic E-state index is 2.44. The van der Waals surface area contributed by atoms with Crippen molar-refractivity contribution in [2.24, 2.45) is 17.8 Å². The zero-order chi connectivity index (χ0) is 11.7. The van der Waals surface area contributed by atoms with E-state index in [1.165, 1.54) is 44.9 Å². The quantitative estimate of drug-likeness (QED) is 0.462. The minimum Gasteiger partial charge on any atom is -0.0654 e. The van der Waals surface area contributed by atoms with Gasteiger partial charge in [-0.2, -0.15) is 0 Å². The summed E-state index contributed by atoms with van der Waals surface area (Å²) < 4.78 is 0. The lowest BCUT2D eigenvalue weighted by Crippen LogP contribution is -2.08. The van der Waals surface area contributed by atoms with Crippen LogP contribution in [-0.4, -0.2) is 0 Å². The third-order valence-corrected chi connectivity index (χ3v) is 4.04. The normalized spacial score (nSPS) is 17.4. The van der Waals surface area contributed by atoms with E-state index in [-0.39, 0.29) is 0 Å². The lowest BCUT2D eigenvalue weighted by molar-refractivity contribution is 0.317. The van der Waals surface area contributed by atoms with E-state index in [1.807, 2.05) is 0 Å². The fraction of sp³-hybridized carbons (Fsp3) is 1.00. The van der Waals surface area contributed by atoms with Crippen molar-refractivity contribution in [3.63, 3.8) is 0 Å². The van der Waals surface area contributed by atoms with E-state index in [2.05, 4.69) is 34.6 Å². The molecule has 0 aromatic heterocycles. The number of hydrogen-bond donors (Lipinski definition) is 0. The Bertz CT molecular complexity index is 128. The summed E-state index contributed by atoms with van der Waals surface area (Å²) in [5, 5.41) is 0. The molecule has 0 aromatic carbocycles. The summed E-state index contributed by atoms with van der Waals surface area (Å²) in [5.74, 6) is 2.80. The van der Waals surface area contributed by atoms with Crippen LogP contribution in [0.4, 0.5) is 0 Å². The molecule has 0 N–H and O–H groups in total. The zero-order valence-corrected chi connectivity index (χ0v) is 11.7. The van der Waals surface area contributed by atoms with Crippen molar-refractivity contribution in [1.82, 2.24) is 0 Å². The first kappa shape index (κ1) is 15.0. The van der Waals surface area contributed by atoms with E-state index in [9.17, 15) is 0 Å². The van der Waals surface area contributed by atoms with Crippen LogP contribution in [0.3, 0.4) is 0 Å². The second-order valence-corrected chi connectivity index (χ2v) is 5.54. The molecule has 15 heavy (non-hydrogen) atoms. The molecule has 0 nitrogen and oxygen atoms in total. The smallest absolute Gasteiger partial charge is 0.0417 e. The third kappa shape index (κ3) is 7.88. The molecule has 0 radical (unpaired) electrons. The predicted molar refractivity (Wildman–Crippen MR) is 71.2 cm³/mol. The van der Waals surface area contributed by atoms with Gasteiger partial charge in [0.2, 0.25) is 0 Å². The highest BCUT2D eigenvalue weighted by Crippen LogP contribution is 2.24. The molecular formula is C15H32. The van der Waals surface area contributed by atoms with Gasteiger partial charge < -0.3 is 0 Å². The van der Waals surface area contributed by atoms with E-state index in [0.29, 0.717) is 0 Å². The van der Waals surface area contributed by atoms with Crippen molar-refractivity contribution >= 4 is 0 Å². The molecule has 0 aromatic rings. The molecule has 0 bridgehead atoms. The van der Waals surface area contributed by atoms with E-state index in [4.69, 9.17) is 0 Å². The minimum atomic E-state index is 0.931. The molecule has 0 heterocycles. The summed E-state index contributed by atoms with van der Waals surface area (Å²) in [6, 6.07) is 0. The predicted octanol–water partition coefficient (Wildman–Crippen LogP) is 5.67. The van der Waals surface area contributed by atoms with Gasteiger partial charge in [0.1, 0.15) is 0 Å². The van der Waals surface area contributed by atoms with Crippen molar-refractivity contribution in [3.05, 3.63) is 0 Å². The Balaban J connectivity index is 3.50. The van der Waals surface area contributed by atoms with Crippen LogP contribution in [0.1, 0.15) is 79.6 Å². The van der Waals surface area contributed by atoms with Gasteiger partial charge in [-0.3, -0.25) is 0 Å². The molecule has 0 amide bonds. The first-order chi connectivity index (χ1) is 7.11. The molecule has 0 heteroatoms. The van der Waals surface area contributed by atoms with Gasteiger partial charge in [0, 0.05) is 0 Å². The van der Waals surface area contributed by atoms with Gasteiger partial charge >= 0.3 is 0 Å². The molecule has 3 atom stereocenters. The van der Waals surface area contributed by atoms with Crippen molar-refractivity contribution in [2.75, 3.05) is 0 Å². The Morgan fingerprint density at radius 1 is 0.733 bits per heavy atom. The van der Waals surface area contributed by atoms with Crippen molar-refractivity contribution in [2.45, 2.75) is 79.6 Å². The SMILES string of the molecule is CCCCC(C)C(C)CCCC(C)CC. The van der Waals surface area contributed by atoms with Gasteiger partial charge in [-0.25, -0.2) is 0 Å². The lowest BCUT2D eigenvalue weighted by atomic mass is 9.86. The van der Waals surface area contributed by atoms with Gasteiger partial charge in [0.25, 0.3) is 0 Å². The number of hydrogen-bond acceptors (Lipinski definition) is 0. The topological polar surface area (TPSA) is 0 Å². The molecule has 0 rings (SSSR count). The van der Waals surface area contributed by atoms with E-state index in [1.54, 1.807) is 0 Å². The van der Waals surface area contributed by atoms with E-state index in [0.717, 1.165) is 17.8 Å². The third-order valence-electron chi connectivity index (χ3n) is 4.04. The summed E-state index contributed by atoms with van der Waals surface area (Å²) in [5.41, 5.74) is 0. The average Bonchev–Trinajstić information content (AvgIpc) is 2.25. The van der Waals surface area contributed by atoms with Crippen molar-refractivity contribution in [1.29, 1.82) is 0 Å². The van der Waals surface area contributed by atoms with Gasteiger partial charge in [-0.15, -0.1) is 0 Å². The van der Waals surface area contributed by atoms with Gasteiger partial charge in [0.15, 0.2) is 0 Å². The second kappa shape index (κ2) is 9.24. The molecule has 0 aliphatic rings. The molecule has 92 valence electrons. The highest BCUT2D eigenvalue weighted by Gasteiger charge is 2.11. The van der Waals surface area contributed by atoms with Crippen LogP contribution in [0, 0.1) is 17.8 Å². The van der Waals surface area contributed by atoms with Crippen LogP contribution in [0.15, 0.2) is 0 Å². The van der Waals surface area contributed by atoms with Crippen LogP contribution in [-0.2, 0) is 0 Å². The molecule has 0 spiro atoms. The Morgan fingerprint density at radius 3 is 1.73 bits per heavy atom. The first-order valence-corrected chi connectivity index (χ1v) is 7.11. The summed E-state index contributed by atoms with van der Waals surface area (Å²) in [6.45, 7) is 11.9. The Hall–Kier alpha value is 0. The van der Waals surface area contributed by atoms with Gasteiger partial charge in [-0.05, 0) is 17.8 Å². The van der Waals surface area contributed by atoms with E-state index < -0.39 is 0 Å². The minimum absolute atomic E-state index is 0.931. The van der Waals surface area contributed by atoms with E-state index >= 15 is 0 Å². The van der Waals surface area contributed by atoms with Crippen molar-refractivity contribution < 1.29 is 0 Å². The molecule has 0 aliphatic carbocycles. The molecule has 0 fully saturated rings. The zero-order valence-electron chi connectivity index (χ0n) is 11.7. The second-order valence-electron chi connectivity index (χ2n) is 5.54. The molecule has 0 saturated carbocycles. The van der Waals surface area contributed by atoms with Crippen LogP contribution in [0.5, 0.6) is 0 Å². The molecule has 3 unspecified atom stereocenters. The van der Waals surface area contributed by atoms with Crippen LogP contribution >= 0.6 is 0 Å². The largest absolute Gasteiger partial charge is 0.0654 e. The summed E-state index contributed by atoms with van der Waals surface area (Å²) in [7, 11) is 0. The van der Waals surface area contributed by atoms with Crippen molar-refractivity contribution in [3.8, 4) is 0 Å². The Labute approximate surface area is 97.8 Å². The standard InChI is InChI=1S/C15H32/c1-6-8-11-14(4)15(5)12-9-10-13(3)7-2/h13-15H,6-12H2,1-5H3.